The predicted molar refractivity (Wildman–Crippen MR) is 70.1 cm³/mol. The number of nitrogens with zero attached hydrogens (tertiary/aromatic N) is 1. The Morgan fingerprint density at radius 2 is 2.32 bits per heavy atom. The topological polar surface area (TPSA) is 51.2 Å². The quantitative estimate of drug-likeness (QED) is 0.919. The van der Waals surface area contributed by atoms with Crippen molar-refractivity contribution in [1.82, 2.24) is 4.98 Å². The summed E-state index contributed by atoms with van der Waals surface area (Å²) in [5.41, 5.74) is 0.672. The number of alkyl halides is 2. The van der Waals surface area contributed by atoms with Gasteiger partial charge in [0, 0.05) is 12.5 Å². The van der Waals surface area contributed by atoms with E-state index in [2.05, 4.69) is 10.3 Å². The molecule has 4 nitrogen and oxygen atoms in total. The molecular weight excluding hydrogens is 294 g/mol. The summed E-state index contributed by atoms with van der Waals surface area (Å²) in [6.45, 7) is 0.340. The van der Waals surface area contributed by atoms with Crippen LogP contribution in [-0.4, -0.2) is 18.0 Å². The standard InChI is InChI=1S/C11H10F2N2O2S2/c1-17-4-6-5-19-11(14-6)15-10(16)7-2-3-18-8(7)9(12)13/h2-3,5,9H,4H2,1H3,(H,14,15,16). The molecule has 19 heavy (non-hydrogen) atoms. The molecule has 1 amide bonds. The summed E-state index contributed by atoms with van der Waals surface area (Å²) in [5, 5.41) is 6.07. The Balaban J connectivity index is 2.09. The van der Waals surface area contributed by atoms with E-state index < -0.39 is 12.3 Å². The number of ether oxygens (including phenoxy) is 1. The van der Waals surface area contributed by atoms with Gasteiger partial charge in [0.15, 0.2) is 5.13 Å². The van der Waals surface area contributed by atoms with Gasteiger partial charge in [-0.2, -0.15) is 0 Å². The fourth-order valence-electron chi connectivity index (χ4n) is 1.42. The fourth-order valence-corrected chi connectivity index (χ4v) is 2.85. The van der Waals surface area contributed by atoms with E-state index in [9.17, 15) is 13.6 Å². The average Bonchev–Trinajstić information content (AvgIpc) is 2.98. The zero-order valence-corrected chi connectivity index (χ0v) is 11.5. The van der Waals surface area contributed by atoms with Gasteiger partial charge in [-0.25, -0.2) is 13.8 Å². The van der Waals surface area contributed by atoms with Gasteiger partial charge in [-0.3, -0.25) is 10.1 Å². The second-order valence-electron chi connectivity index (χ2n) is 3.53. The van der Waals surface area contributed by atoms with E-state index in [4.69, 9.17) is 4.74 Å². The van der Waals surface area contributed by atoms with E-state index in [-0.39, 0.29) is 10.4 Å². The molecule has 0 radical (unpaired) electrons. The molecular formula is C11H10F2N2O2S2. The fraction of sp³-hybridized carbons (Fsp3) is 0.273. The zero-order chi connectivity index (χ0) is 13.8. The Bertz CT molecular complexity index is 569. The first kappa shape index (κ1) is 14.0. The van der Waals surface area contributed by atoms with Crippen LogP contribution >= 0.6 is 22.7 Å². The monoisotopic (exact) mass is 304 g/mol. The highest BCUT2D eigenvalue weighted by Crippen LogP contribution is 2.29. The Kier molecular flexibility index (Phi) is 4.56. The van der Waals surface area contributed by atoms with Crippen molar-refractivity contribution in [2.75, 3.05) is 12.4 Å². The molecule has 2 aromatic heterocycles. The molecule has 102 valence electrons. The molecule has 0 aliphatic rings. The van der Waals surface area contributed by atoms with Crippen LogP contribution in [0.3, 0.4) is 0 Å². The number of halogens is 2. The van der Waals surface area contributed by atoms with Crippen LogP contribution < -0.4 is 5.32 Å². The molecule has 0 fully saturated rings. The van der Waals surface area contributed by atoms with Crippen molar-refractivity contribution in [3.05, 3.63) is 33.0 Å². The third kappa shape index (κ3) is 3.34. The summed E-state index contributed by atoms with van der Waals surface area (Å²) in [5.74, 6) is -0.574. The number of amides is 1. The number of anilines is 1. The van der Waals surface area contributed by atoms with Gasteiger partial charge in [0.25, 0.3) is 12.3 Å². The molecule has 2 heterocycles. The lowest BCUT2D eigenvalue weighted by Gasteiger charge is -2.02. The van der Waals surface area contributed by atoms with E-state index in [1.54, 1.807) is 5.38 Å². The van der Waals surface area contributed by atoms with Crippen LogP contribution in [0.15, 0.2) is 16.8 Å². The van der Waals surface area contributed by atoms with Gasteiger partial charge < -0.3 is 4.74 Å². The Labute approximate surface area is 116 Å². The first-order valence-corrected chi connectivity index (χ1v) is 6.98. The minimum absolute atomic E-state index is 0.0107. The summed E-state index contributed by atoms with van der Waals surface area (Å²) in [6.07, 6.45) is -2.65. The number of hydrogen-bond acceptors (Lipinski definition) is 5. The van der Waals surface area contributed by atoms with E-state index in [1.807, 2.05) is 0 Å². The molecule has 2 rings (SSSR count). The largest absolute Gasteiger partial charge is 0.378 e. The van der Waals surface area contributed by atoms with Gasteiger partial charge >= 0.3 is 0 Å². The summed E-state index contributed by atoms with van der Waals surface area (Å²) in [7, 11) is 1.54. The molecule has 2 aromatic rings. The first-order chi connectivity index (χ1) is 9.11. The maximum absolute atomic E-state index is 12.7. The van der Waals surface area contributed by atoms with Gasteiger partial charge in [0.1, 0.15) is 0 Å². The minimum atomic E-state index is -2.65. The van der Waals surface area contributed by atoms with Gasteiger partial charge in [0.05, 0.1) is 22.7 Å². The van der Waals surface area contributed by atoms with Crippen molar-refractivity contribution in [2.24, 2.45) is 0 Å². The van der Waals surface area contributed by atoms with Gasteiger partial charge in [-0.05, 0) is 11.4 Å². The molecule has 1 N–H and O–H groups in total. The normalized spacial score (nSPS) is 10.9. The number of carbonyl (C=O) groups excluding carboxylic acids is 1. The molecule has 0 aliphatic carbocycles. The highest BCUT2D eigenvalue weighted by molar-refractivity contribution is 7.14. The second kappa shape index (κ2) is 6.18. The number of carbonyl (C=O) groups is 1. The van der Waals surface area contributed by atoms with Crippen LogP contribution in [0.5, 0.6) is 0 Å². The van der Waals surface area contributed by atoms with Crippen molar-refractivity contribution in [3.63, 3.8) is 0 Å². The van der Waals surface area contributed by atoms with Crippen molar-refractivity contribution in [3.8, 4) is 0 Å². The van der Waals surface area contributed by atoms with E-state index >= 15 is 0 Å². The van der Waals surface area contributed by atoms with Crippen LogP contribution in [-0.2, 0) is 11.3 Å². The second-order valence-corrected chi connectivity index (χ2v) is 5.34. The summed E-state index contributed by atoms with van der Waals surface area (Å²) >= 11 is 2.08. The summed E-state index contributed by atoms with van der Waals surface area (Å²) in [4.78, 5) is 15.7. The molecule has 0 saturated heterocycles. The lowest BCUT2D eigenvalue weighted by molar-refractivity contribution is 0.101. The van der Waals surface area contributed by atoms with Crippen LogP contribution in [0.25, 0.3) is 0 Å². The van der Waals surface area contributed by atoms with Crippen molar-refractivity contribution >= 4 is 33.7 Å². The van der Waals surface area contributed by atoms with E-state index in [1.165, 1.54) is 29.9 Å². The number of rotatable bonds is 5. The molecule has 0 aromatic carbocycles. The van der Waals surface area contributed by atoms with Crippen molar-refractivity contribution in [1.29, 1.82) is 0 Å². The van der Waals surface area contributed by atoms with Crippen molar-refractivity contribution in [2.45, 2.75) is 13.0 Å². The maximum atomic E-state index is 12.7. The molecule has 8 heteroatoms. The third-order valence-electron chi connectivity index (χ3n) is 2.20. The highest BCUT2D eigenvalue weighted by atomic mass is 32.1. The summed E-state index contributed by atoms with van der Waals surface area (Å²) in [6, 6.07) is 1.38. The summed E-state index contributed by atoms with van der Waals surface area (Å²) < 4.78 is 30.2. The minimum Gasteiger partial charge on any atom is -0.378 e. The number of aromatic nitrogens is 1. The van der Waals surface area contributed by atoms with Crippen molar-refractivity contribution < 1.29 is 18.3 Å². The number of thiazole rings is 1. The SMILES string of the molecule is COCc1csc(NC(=O)c2ccsc2C(F)F)n1. The smallest absolute Gasteiger partial charge is 0.273 e. The molecule has 0 spiro atoms. The van der Waals surface area contributed by atoms with Crippen LogP contribution in [0.4, 0.5) is 13.9 Å². The average molecular weight is 304 g/mol. The zero-order valence-electron chi connectivity index (χ0n) is 9.85. The maximum Gasteiger partial charge on any atom is 0.273 e. The Morgan fingerprint density at radius 1 is 1.53 bits per heavy atom. The van der Waals surface area contributed by atoms with Gasteiger partial charge in [0.2, 0.25) is 0 Å². The first-order valence-electron chi connectivity index (χ1n) is 5.22. The molecule has 0 saturated carbocycles. The molecule has 0 atom stereocenters. The number of nitrogens with one attached hydrogen (secondary N) is 1. The van der Waals surface area contributed by atoms with Crippen LogP contribution in [0.2, 0.25) is 0 Å². The molecule has 0 aliphatic heterocycles. The lowest BCUT2D eigenvalue weighted by atomic mass is 10.2. The number of methoxy groups -OCH3 is 1. The molecule has 0 unspecified atom stereocenters. The van der Waals surface area contributed by atoms with Crippen LogP contribution in [0.1, 0.15) is 27.4 Å². The van der Waals surface area contributed by atoms with Gasteiger partial charge in [-0.15, -0.1) is 22.7 Å². The number of hydrogen-bond donors (Lipinski definition) is 1. The predicted octanol–water partition coefficient (Wildman–Crippen LogP) is 3.54. The lowest BCUT2D eigenvalue weighted by Crippen LogP contribution is -2.12. The molecule has 0 bridgehead atoms. The Hall–Kier alpha value is -1.38. The van der Waals surface area contributed by atoms with E-state index in [0.29, 0.717) is 17.4 Å². The highest BCUT2D eigenvalue weighted by Gasteiger charge is 2.20. The number of thiophene rings is 1. The van der Waals surface area contributed by atoms with Crippen LogP contribution in [0, 0.1) is 0 Å². The van der Waals surface area contributed by atoms with Gasteiger partial charge in [-0.1, -0.05) is 0 Å². The third-order valence-corrected chi connectivity index (χ3v) is 3.93. The van der Waals surface area contributed by atoms with E-state index in [0.717, 1.165) is 11.3 Å². The Morgan fingerprint density at radius 3 is 3.00 bits per heavy atom.